The van der Waals surface area contributed by atoms with Crippen molar-refractivity contribution in [2.75, 3.05) is 0 Å². The van der Waals surface area contributed by atoms with Crippen molar-refractivity contribution in [1.29, 1.82) is 0 Å². The van der Waals surface area contributed by atoms with E-state index in [2.05, 4.69) is 0 Å². The second-order valence-corrected chi connectivity index (χ2v) is 7.59. The van der Waals surface area contributed by atoms with Gasteiger partial charge >= 0.3 is 0 Å². The van der Waals surface area contributed by atoms with Crippen molar-refractivity contribution in [3.05, 3.63) is 65.5 Å². The first kappa shape index (κ1) is 14.2. The minimum Gasteiger partial charge on any atom is -0.326 e. The van der Waals surface area contributed by atoms with Gasteiger partial charge in [0, 0.05) is 12.0 Å². The van der Waals surface area contributed by atoms with Gasteiger partial charge in [-0.3, -0.25) is 0 Å². The predicted molar refractivity (Wildman–Crippen MR) is 79.3 cm³/mol. The molecular formula is C16H16FNO2S. The van der Waals surface area contributed by atoms with Crippen LogP contribution >= 0.6 is 0 Å². The van der Waals surface area contributed by atoms with Crippen LogP contribution in [0, 0.1) is 12.7 Å². The van der Waals surface area contributed by atoms with Gasteiger partial charge in [0.2, 0.25) is 0 Å². The minimum atomic E-state index is -3.49. The molecule has 0 unspecified atom stereocenters. The maximum atomic E-state index is 13.3. The quantitative estimate of drug-likeness (QED) is 0.947. The third kappa shape index (κ3) is 2.47. The van der Waals surface area contributed by atoms with Gasteiger partial charge in [0.25, 0.3) is 0 Å². The van der Waals surface area contributed by atoms with Gasteiger partial charge in [0.15, 0.2) is 9.84 Å². The standard InChI is InChI=1S/C16H16FNO2S/c1-10-5-7-13(8-6-10)21(19,20)16-14(15(16)18)11-3-2-4-12(17)9-11/h2-9,14-16H,18H2,1H3/t14-,15-,16+/m1/s1. The van der Waals surface area contributed by atoms with Crippen molar-refractivity contribution in [2.24, 2.45) is 5.73 Å². The van der Waals surface area contributed by atoms with Crippen LogP contribution in [0.25, 0.3) is 0 Å². The lowest BCUT2D eigenvalue weighted by atomic mass is 10.1. The van der Waals surface area contributed by atoms with Crippen LogP contribution in [-0.4, -0.2) is 19.7 Å². The van der Waals surface area contributed by atoms with Crippen LogP contribution in [0.3, 0.4) is 0 Å². The highest BCUT2D eigenvalue weighted by Gasteiger charge is 2.57. The molecule has 110 valence electrons. The molecule has 2 aromatic rings. The Morgan fingerprint density at radius 1 is 1.10 bits per heavy atom. The monoisotopic (exact) mass is 305 g/mol. The van der Waals surface area contributed by atoms with Gasteiger partial charge < -0.3 is 5.73 Å². The summed E-state index contributed by atoms with van der Waals surface area (Å²) in [5, 5.41) is -0.679. The molecule has 0 heterocycles. The fraction of sp³-hybridized carbons (Fsp3) is 0.250. The molecule has 21 heavy (non-hydrogen) atoms. The average molecular weight is 305 g/mol. The maximum absolute atomic E-state index is 13.3. The zero-order valence-electron chi connectivity index (χ0n) is 11.5. The lowest BCUT2D eigenvalue weighted by Gasteiger charge is -2.04. The van der Waals surface area contributed by atoms with Gasteiger partial charge in [-0.25, -0.2) is 12.8 Å². The average Bonchev–Trinajstić information content (AvgIpc) is 3.12. The Morgan fingerprint density at radius 3 is 2.38 bits per heavy atom. The Morgan fingerprint density at radius 2 is 1.76 bits per heavy atom. The van der Waals surface area contributed by atoms with Crippen LogP contribution in [0.1, 0.15) is 17.0 Å². The zero-order valence-corrected chi connectivity index (χ0v) is 12.3. The predicted octanol–water partition coefficient (Wildman–Crippen LogP) is 2.40. The first-order chi connectivity index (χ1) is 9.91. The lowest BCUT2D eigenvalue weighted by molar-refractivity contribution is 0.593. The van der Waals surface area contributed by atoms with Gasteiger partial charge in [-0.2, -0.15) is 0 Å². The summed E-state index contributed by atoms with van der Waals surface area (Å²) >= 11 is 0. The van der Waals surface area contributed by atoms with E-state index in [0.717, 1.165) is 5.56 Å². The molecule has 2 aromatic carbocycles. The summed E-state index contributed by atoms with van der Waals surface area (Å²) in [6, 6.07) is 12.2. The van der Waals surface area contributed by atoms with Crippen LogP contribution in [0.15, 0.2) is 53.4 Å². The number of halogens is 1. The molecule has 0 aromatic heterocycles. The number of nitrogens with two attached hydrogens (primary N) is 1. The Labute approximate surface area is 123 Å². The molecule has 0 amide bonds. The topological polar surface area (TPSA) is 60.2 Å². The van der Waals surface area contributed by atoms with E-state index < -0.39 is 21.1 Å². The number of sulfone groups is 1. The third-order valence-electron chi connectivity index (χ3n) is 3.95. The lowest BCUT2D eigenvalue weighted by Crippen LogP contribution is -2.15. The van der Waals surface area contributed by atoms with Gasteiger partial charge in [0.1, 0.15) is 5.82 Å². The van der Waals surface area contributed by atoms with Crippen LogP contribution in [-0.2, 0) is 9.84 Å². The Bertz CT molecular complexity index is 771. The van der Waals surface area contributed by atoms with Crippen molar-refractivity contribution in [3.63, 3.8) is 0 Å². The van der Waals surface area contributed by atoms with Crippen molar-refractivity contribution in [2.45, 2.75) is 29.0 Å². The molecule has 1 saturated carbocycles. The van der Waals surface area contributed by atoms with E-state index in [-0.39, 0.29) is 16.6 Å². The molecule has 5 heteroatoms. The molecule has 1 aliphatic carbocycles. The molecule has 3 nitrogen and oxygen atoms in total. The maximum Gasteiger partial charge on any atom is 0.183 e. The first-order valence-electron chi connectivity index (χ1n) is 6.73. The third-order valence-corrected chi connectivity index (χ3v) is 6.20. The minimum absolute atomic E-state index is 0.271. The number of rotatable bonds is 3. The summed E-state index contributed by atoms with van der Waals surface area (Å²) in [5.41, 5.74) is 7.58. The molecule has 0 saturated heterocycles. The molecule has 3 atom stereocenters. The SMILES string of the molecule is Cc1ccc(S(=O)(=O)[C@@H]2[C@H](N)[C@H]2c2cccc(F)c2)cc1. The van der Waals surface area contributed by atoms with Crippen molar-refractivity contribution >= 4 is 9.84 Å². The Hall–Kier alpha value is -1.72. The molecule has 2 N–H and O–H groups in total. The van der Waals surface area contributed by atoms with Crippen LogP contribution in [0.2, 0.25) is 0 Å². The summed E-state index contributed by atoms with van der Waals surface area (Å²) in [6.07, 6.45) is 0. The molecule has 0 aliphatic heterocycles. The number of hydrogen-bond donors (Lipinski definition) is 1. The smallest absolute Gasteiger partial charge is 0.183 e. The van der Waals surface area contributed by atoms with E-state index >= 15 is 0 Å². The highest BCUT2D eigenvalue weighted by Crippen LogP contribution is 2.47. The summed E-state index contributed by atoms with van der Waals surface area (Å²) in [6.45, 7) is 1.90. The second kappa shape index (κ2) is 4.93. The summed E-state index contributed by atoms with van der Waals surface area (Å²) in [7, 11) is -3.49. The normalized spacial score (nSPS) is 24.8. The fourth-order valence-electron chi connectivity index (χ4n) is 2.72. The number of aryl methyl sites for hydroxylation is 1. The van der Waals surface area contributed by atoms with Gasteiger partial charge in [-0.1, -0.05) is 29.8 Å². The molecule has 0 spiro atoms. The van der Waals surface area contributed by atoms with Gasteiger partial charge in [-0.15, -0.1) is 0 Å². The van der Waals surface area contributed by atoms with E-state index in [1.165, 1.54) is 12.1 Å². The molecule has 1 fully saturated rings. The van der Waals surface area contributed by atoms with Gasteiger partial charge in [-0.05, 0) is 36.8 Å². The van der Waals surface area contributed by atoms with Crippen LogP contribution in [0.4, 0.5) is 4.39 Å². The van der Waals surface area contributed by atoms with E-state index in [0.29, 0.717) is 5.56 Å². The van der Waals surface area contributed by atoms with Crippen molar-refractivity contribution in [3.8, 4) is 0 Å². The summed E-state index contributed by atoms with van der Waals surface area (Å²) < 4.78 is 38.5. The first-order valence-corrected chi connectivity index (χ1v) is 8.27. The molecule has 0 bridgehead atoms. The molecular weight excluding hydrogens is 289 g/mol. The molecule has 3 rings (SSSR count). The van der Waals surface area contributed by atoms with E-state index in [1.54, 1.807) is 36.4 Å². The number of hydrogen-bond acceptors (Lipinski definition) is 3. The van der Waals surface area contributed by atoms with Crippen molar-refractivity contribution < 1.29 is 12.8 Å². The summed E-state index contributed by atoms with van der Waals surface area (Å²) in [5.74, 6) is -0.718. The van der Waals surface area contributed by atoms with E-state index in [4.69, 9.17) is 5.73 Å². The highest BCUT2D eigenvalue weighted by atomic mass is 32.2. The van der Waals surface area contributed by atoms with Crippen LogP contribution < -0.4 is 5.73 Å². The summed E-state index contributed by atoms with van der Waals surface area (Å²) in [4.78, 5) is 0.271. The highest BCUT2D eigenvalue weighted by molar-refractivity contribution is 7.92. The van der Waals surface area contributed by atoms with E-state index in [1.807, 2.05) is 6.92 Å². The fourth-order valence-corrected chi connectivity index (χ4v) is 4.76. The zero-order chi connectivity index (χ0) is 15.2. The van der Waals surface area contributed by atoms with Crippen LogP contribution in [0.5, 0.6) is 0 Å². The van der Waals surface area contributed by atoms with Gasteiger partial charge in [0.05, 0.1) is 10.1 Å². The largest absolute Gasteiger partial charge is 0.326 e. The Kier molecular flexibility index (Phi) is 3.34. The second-order valence-electron chi connectivity index (χ2n) is 5.48. The number of benzene rings is 2. The Balaban J connectivity index is 1.93. The molecule has 1 aliphatic rings. The van der Waals surface area contributed by atoms with Crippen molar-refractivity contribution in [1.82, 2.24) is 0 Å². The molecule has 0 radical (unpaired) electrons. The van der Waals surface area contributed by atoms with E-state index in [9.17, 15) is 12.8 Å².